The smallest absolute Gasteiger partial charge is 0.317 e. The molecular formula is C16H31N3O. The molecule has 0 spiro atoms. The first-order valence-corrected chi connectivity index (χ1v) is 8.49. The van der Waals surface area contributed by atoms with Crippen LogP contribution in [0, 0.1) is 5.92 Å². The number of piperidine rings is 1. The van der Waals surface area contributed by atoms with E-state index in [1.165, 1.54) is 44.9 Å². The molecule has 2 N–H and O–H groups in total. The number of urea groups is 1. The molecular weight excluding hydrogens is 250 g/mol. The van der Waals surface area contributed by atoms with Gasteiger partial charge in [-0.3, -0.25) is 0 Å². The van der Waals surface area contributed by atoms with Crippen LogP contribution >= 0.6 is 0 Å². The zero-order valence-corrected chi connectivity index (χ0v) is 13.0. The lowest BCUT2D eigenvalue weighted by molar-refractivity contribution is 0.184. The molecule has 116 valence electrons. The second kappa shape index (κ2) is 8.50. The molecule has 2 aliphatic rings. The molecule has 1 atom stereocenters. The third-order valence-electron chi connectivity index (χ3n) is 4.89. The van der Waals surface area contributed by atoms with Gasteiger partial charge in [-0.25, -0.2) is 4.79 Å². The molecule has 1 aliphatic carbocycles. The molecule has 0 aromatic heterocycles. The summed E-state index contributed by atoms with van der Waals surface area (Å²) in [6.45, 7) is 2.62. The van der Waals surface area contributed by atoms with Gasteiger partial charge in [-0.05, 0) is 38.6 Å². The monoisotopic (exact) mass is 281 g/mol. The van der Waals surface area contributed by atoms with Crippen molar-refractivity contribution in [2.75, 3.05) is 26.7 Å². The first-order valence-electron chi connectivity index (χ1n) is 8.49. The van der Waals surface area contributed by atoms with Crippen molar-refractivity contribution in [3.05, 3.63) is 0 Å². The molecule has 2 fully saturated rings. The van der Waals surface area contributed by atoms with Gasteiger partial charge in [0.2, 0.25) is 0 Å². The predicted molar refractivity (Wildman–Crippen MR) is 82.9 cm³/mol. The Labute approximate surface area is 123 Å². The van der Waals surface area contributed by atoms with Crippen LogP contribution in [-0.4, -0.2) is 43.7 Å². The number of nitrogens with zero attached hydrogens (tertiary/aromatic N) is 1. The summed E-state index contributed by atoms with van der Waals surface area (Å²) in [6, 6.07) is 0.556. The average molecular weight is 281 g/mol. The van der Waals surface area contributed by atoms with Gasteiger partial charge in [0.1, 0.15) is 0 Å². The standard InChI is InChI=1S/C16H31N3O/c1-17-15(12-14-8-4-2-5-9-14)13-18-16(20)19-10-6-3-7-11-19/h14-15,17H,2-13H2,1H3,(H,18,20)/t15-/m0/s1. The van der Waals surface area contributed by atoms with Gasteiger partial charge in [0.25, 0.3) is 0 Å². The highest BCUT2D eigenvalue weighted by atomic mass is 16.2. The maximum atomic E-state index is 12.1. The zero-order chi connectivity index (χ0) is 14.2. The SMILES string of the molecule is CN[C@H](CNC(=O)N1CCCCC1)CC1CCCCC1. The molecule has 0 unspecified atom stereocenters. The summed E-state index contributed by atoms with van der Waals surface area (Å²) >= 11 is 0. The van der Waals surface area contributed by atoms with Crippen molar-refractivity contribution in [1.29, 1.82) is 0 Å². The van der Waals surface area contributed by atoms with E-state index >= 15 is 0 Å². The minimum absolute atomic E-state index is 0.133. The predicted octanol–water partition coefficient (Wildman–Crippen LogP) is 2.74. The Hall–Kier alpha value is -0.770. The van der Waals surface area contributed by atoms with E-state index in [0.29, 0.717) is 6.04 Å². The number of likely N-dealkylation sites (tertiary alicyclic amines) is 1. The van der Waals surface area contributed by atoms with E-state index in [1.807, 2.05) is 11.9 Å². The first kappa shape index (κ1) is 15.6. The topological polar surface area (TPSA) is 44.4 Å². The molecule has 0 aromatic carbocycles. The zero-order valence-electron chi connectivity index (χ0n) is 13.0. The molecule has 0 bridgehead atoms. The maximum Gasteiger partial charge on any atom is 0.317 e. The highest BCUT2D eigenvalue weighted by molar-refractivity contribution is 5.74. The molecule has 1 saturated heterocycles. The van der Waals surface area contributed by atoms with Gasteiger partial charge in [0, 0.05) is 25.7 Å². The van der Waals surface area contributed by atoms with E-state index in [4.69, 9.17) is 0 Å². The summed E-state index contributed by atoms with van der Waals surface area (Å²) < 4.78 is 0. The molecule has 4 heteroatoms. The van der Waals surface area contributed by atoms with Crippen LogP contribution in [0.1, 0.15) is 57.8 Å². The van der Waals surface area contributed by atoms with Crippen LogP contribution in [0.5, 0.6) is 0 Å². The third kappa shape index (κ3) is 4.97. The number of rotatable bonds is 5. The van der Waals surface area contributed by atoms with Gasteiger partial charge in [-0.1, -0.05) is 32.1 Å². The van der Waals surface area contributed by atoms with Crippen molar-refractivity contribution in [3.63, 3.8) is 0 Å². The Morgan fingerprint density at radius 2 is 1.75 bits per heavy atom. The van der Waals surface area contributed by atoms with Crippen LogP contribution in [0.15, 0.2) is 0 Å². The molecule has 1 saturated carbocycles. The molecule has 20 heavy (non-hydrogen) atoms. The van der Waals surface area contributed by atoms with Gasteiger partial charge in [0.05, 0.1) is 0 Å². The Balaban J connectivity index is 1.68. The largest absolute Gasteiger partial charge is 0.336 e. The van der Waals surface area contributed by atoms with Crippen LogP contribution in [0.4, 0.5) is 4.79 Å². The summed E-state index contributed by atoms with van der Waals surface area (Å²) in [5.41, 5.74) is 0. The van der Waals surface area contributed by atoms with E-state index in [9.17, 15) is 4.79 Å². The van der Waals surface area contributed by atoms with E-state index in [0.717, 1.165) is 38.4 Å². The first-order chi connectivity index (χ1) is 9.79. The number of carbonyl (C=O) groups excluding carboxylic acids is 1. The number of hydrogen-bond acceptors (Lipinski definition) is 2. The third-order valence-corrected chi connectivity index (χ3v) is 4.89. The van der Waals surface area contributed by atoms with Crippen molar-refractivity contribution in [3.8, 4) is 0 Å². The molecule has 0 aromatic rings. The van der Waals surface area contributed by atoms with E-state index in [-0.39, 0.29) is 6.03 Å². The molecule has 2 rings (SSSR count). The quantitative estimate of drug-likeness (QED) is 0.814. The second-order valence-electron chi connectivity index (χ2n) is 6.46. The van der Waals surface area contributed by atoms with Crippen LogP contribution in [-0.2, 0) is 0 Å². The van der Waals surface area contributed by atoms with Crippen LogP contribution < -0.4 is 10.6 Å². The fourth-order valence-electron chi connectivity index (χ4n) is 3.55. The van der Waals surface area contributed by atoms with Crippen molar-refractivity contribution < 1.29 is 4.79 Å². The van der Waals surface area contributed by atoms with Gasteiger partial charge in [-0.2, -0.15) is 0 Å². The lowest BCUT2D eigenvalue weighted by Gasteiger charge is -2.29. The van der Waals surface area contributed by atoms with Crippen molar-refractivity contribution in [2.45, 2.75) is 63.8 Å². The Bertz CT molecular complexity index is 283. The highest BCUT2D eigenvalue weighted by Gasteiger charge is 2.20. The summed E-state index contributed by atoms with van der Waals surface area (Å²) in [7, 11) is 2.01. The van der Waals surface area contributed by atoms with E-state index in [2.05, 4.69) is 10.6 Å². The molecule has 1 heterocycles. The average Bonchev–Trinajstić information content (AvgIpc) is 2.53. The van der Waals surface area contributed by atoms with Gasteiger partial charge >= 0.3 is 6.03 Å². The minimum atomic E-state index is 0.133. The van der Waals surface area contributed by atoms with Crippen molar-refractivity contribution >= 4 is 6.03 Å². The van der Waals surface area contributed by atoms with Gasteiger partial charge < -0.3 is 15.5 Å². The normalized spacial score (nSPS) is 22.6. The minimum Gasteiger partial charge on any atom is -0.336 e. The summed E-state index contributed by atoms with van der Waals surface area (Å²) in [4.78, 5) is 14.1. The van der Waals surface area contributed by atoms with Gasteiger partial charge in [0.15, 0.2) is 0 Å². The fourth-order valence-corrected chi connectivity index (χ4v) is 3.55. The van der Waals surface area contributed by atoms with E-state index in [1.54, 1.807) is 0 Å². The molecule has 0 radical (unpaired) electrons. The Morgan fingerprint density at radius 1 is 1.10 bits per heavy atom. The van der Waals surface area contributed by atoms with Crippen molar-refractivity contribution in [1.82, 2.24) is 15.5 Å². The Morgan fingerprint density at radius 3 is 2.40 bits per heavy atom. The number of amides is 2. The van der Waals surface area contributed by atoms with Crippen molar-refractivity contribution in [2.24, 2.45) is 5.92 Å². The summed E-state index contributed by atoms with van der Waals surface area (Å²) in [5.74, 6) is 0.855. The maximum absolute atomic E-state index is 12.1. The molecule has 2 amide bonds. The Kier molecular flexibility index (Phi) is 6.64. The van der Waals surface area contributed by atoms with Crippen LogP contribution in [0.25, 0.3) is 0 Å². The van der Waals surface area contributed by atoms with Gasteiger partial charge in [-0.15, -0.1) is 0 Å². The van der Waals surface area contributed by atoms with E-state index < -0.39 is 0 Å². The highest BCUT2D eigenvalue weighted by Crippen LogP contribution is 2.27. The number of nitrogens with one attached hydrogen (secondary N) is 2. The number of carbonyl (C=O) groups is 1. The molecule has 1 aliphatic heterocycles. The lowest BCUT2D eigenvalue weighted by atomic mass is 9.85. The lowest BCUT2D eigenvalue weighted by Crippen LogP contribution is -2.47. The number of likely N-dealkylation sites (N-methyl/N-ethyl adjacent to an activating group) is 1. The molecule has 4 nitrogen and oxygen atoms in total. The summed E-state index contributed by atoms with van der Waals surface area (Å²) in [6.07, 6.45) is 11.7. The van der Waals surface area contributed by atoms with Crippen LogP contribution in [0.2, 0.25) is 0 Å². The second-order valence-corrected chi connectivity index (χ2v) is 6.46. The fraction of sp³-hybridized carbons (Fsp3) is 0.938. The summed E-state index contributed by atoms with van der Waals surface area (Å²) in [5, 5.41) is 6.49. The number of hydrogen-bond donors (Lipinski definition) is 2. The van der Waals surface area contributed by atoms with Crippen LogP contribution in [0.3, 0.4) is 0 Å².